The first-order chi connectivity index (χ1) is 22.9. The summed E-state index contributed by atoms with van der Waals surface area (Å²) in [5.74, 6) is -3.09. The highest BCUT2D eigenvalue weighted by molar-refractivity contribution is 8.00. The minimum Gasteiger partial charge on any atom is -0.325 e. The number of hydrogen-bond acceptors (Lipinski definition) is 6. The number of nitrogens with zero attached hydrogens (tertiary/aromatic N) is 2. The first-order valence-electron chi connectivity index (χ1n) is 16.1. The van der Waals surface area contributed by atoms with Gasteiger partial charge < -0.3 is 5.32 Å². The van der Waals surface area contributed by atoms with Gasteiger partial charge in [-0.3, -0.25) is 28.6 Å². The van der Waals surface area contributed by atoms with Crippen LogP contribution in [0.1, 0.15) is 49.1 Å². The fourth-order valence-electron chi connectivity index (χ4n) is 8.54. The molecule has 2 aliphatic carbocycles. The number of aromatic nitrogens is 1. The predicted octanol–water partition coefficient (Wildman–Crippen LogP) is 6.80. The summed E-state index contributed by atoms with van der Waals surface area (Å²) < 4.78 is 28.7. The molecular weight excluding hydrogens is 653 g/mol. The standard InChI is InChI=1S/C37H33F2N3O4S2/c1-37(2,3)19-6-4-18(5-7-19)27-28-24-16-25(30-29(24)33(44)42(34(30)45)23-14-10-21(39)11-15-23)31(28)47-35-32(27)48-36(46)41(35)17-26(43)40-22-12-8-20(38)9-13-22/h4-15,24-25,27-31H,16-17H2,1-3H3,(H,40,43). The maximum atomic E-state index is 14.0. The summed E-state index contributed by atoms with van der Waals surface area (Å²) in [4.78, 5) is 56.7. The zero-order chi connectivity index (χ0) is 33.6. The Kier molecular flexibility index (Phi) is 7.30. The van der Waals surface area contributed by atoms with Gasteiger partial charge in [-0.1, -0.05) is 56.4 Å². The molecule has 4 aliphatic rings. The molecule has 0 spiro atoms. The van der Waals surface area contributed by atoms with Crippen LogP contribution in [0.4, 0.5) is 20.2 Å². The van der Waals surface area contributed by atoms with Crippen LogP contribution in [-0.4, -0.2) is 27.5 Å². The number of fused-ring (bicyclic) bond motifs is 9. The van der Waals surface area contributed by atoms with E-state index in [4.69, 9.17) is 0 Å². The van der Waals surface area contributed by atoms with Gasteiger partial charge in [-0.25, -0.2) is 8.78 Å². The number of hydrogen-bond donors (Lipinski definition) is 1. The van der Waals surface area contributed by atoms with E-state index in [0.717, 1.165) is 33.2 Å². The number of thiazole rings is 1. The molecule has 2 bridgehead atoms. The number of carbonyl (C=O) groups is 3. The number of carbonyl (C=O) groups excluding carboxylic acids is 3. The van der Waals surface area contributed by atoms with E-state index >= 15 is 0 Å². The normalized spacial score (nSPS) is 27.2. The number of halogens is 2. The topological polar surface area (TPSA) is 88.5 Å². The Morgan fingerprint density at radius 2 is 1.46 bits per heavy atom. The highest BCUT2D eigenvalue weighted by atomic mass is 32.2. The first-order valence-corrected chi connectivity index (χ1v) is 17.8. The van der Waals surface area contributed by atoms with Crippen LogP contribution in [0, 0.1) is 41.2 Å². The van der Waals surface area contributed by atoms with Crippen molar-refractivity contribution in [2.75, 3.05) is 10.2 Å². The lowest BCUT2D eigenvalue weighted by Crippen LogP contribution is -2.43. The average Bonchev–Trinajstić information content (AvgIpc) is 3.77. The SMILES string of the molecule is CC(C)(C)c1ccc(C2c3sc(=O)n(CC(=O)Nc4ccc(F)cc4)c3SC3C4CC(C5C(=O)N(c6ccc(F)cc6)C(=O)C45)C23)cc1. The van der Waals surface area contributed by atoms with Gasteiger partial charge in [-0.2, -0.15) is 0 Å². The van der Waals surface area contributed by atoms with E-state index in [2.05, 4.69) is 50.4 Å². The van der Waals surface area contributed by atoms with E-state index in [1.807, 2.05) is 0 Å². The molecule has 7 unspecified atom stereocenters. The molecule has 4 aromatic rings. The van der Waals surface area contributed by atoms with Crippen molar-refractivity contribution >= 4 is 52.2 Å². The van der Waals surface area contributed by atoms with Crippen LogP contribution in [0.3, 0.4) is 0 Å². The van der Waals surface area contributed by atoms with Gasteiger partial charge in [0.05, 0.1) is 22.5 Å². The van der Waals surface area contributed by atoms with Gasteiger partial charge in [0.2, 0.25) is 17.7 Å². The maximum absolute atomic E-state index is 14.0. The molecule has 3 aromatic carbocycles. The Labute approximate surface area is 284 Å². The third-order valence-electron chi connectivity index (χ3n) is 10.6. The quantitative estimate of drug-likeness (QED) is 0.234. The lowest BCUT2D eigenvalue weighted by atomic mass is 9.68. The number of nitrogens with one attached hydrogen (secondary N) is 1. The Hall–Kier alpha value is -4.09. The minimum atomic E-state index is -0.493. The van der Waals surface area contributed by atoms with Crippen LogP contribution in [0.2, 0.25) is 0 Å². The summed E-state index contributed by atoms with van der Waals surface area (Å²) in [5, 5.41) is 3.43. The summed E-state index contributed by atoms with van der Waals surface area (Å²) in [5.41, 5.74) is 2.97. The van der Waals surface area contributed by atoms with E-state index in [-0.39, 0.29) is 57.6 Å². The molecule has 2 saturated carbocycles. The number of benzene rings is 3. The van der Waals surface area contributed by atoms with Crippen molar-refractivity contribution < 1.29 is 23.2 Å². The van der Waals surface area contributed by atoms with Gasteiger partial charge in [0.25, 0.3) is 0 Å². The largest absolute Gasteiger partial charge is 0.325 e. The smallest absolute Gasteiger partial charge is 0.308 e. The van der Waals surface area contributed by atoms with Crippen molar-refractivity contribution in [2.24, 2.45) is 29.6 Å². The molecule has 1 saturated heterocycles. The number of amides is 3. The van der Waals surface area contributed by atoms with Gasteiger partial charge in [-0.15, -0.1) is 11.8 Å². The molecule has 0 radical (unpaired) electrons. The number of thioether (sulfide) groups is 1. The average molecular weight is 686 g/mol. The van der Waals surface area contributed by atoms with E-state index in [0.29, 0.717) is 11.4 Å². The number of imide groups is 1. The van der Waals surface area contributed by atoms with Crippen molar-refractivity contribution in [3.05, 3.63) is 110 Å². The second-order valence-corrected chi connectivity index (χ2v) is 16.5. The van der Waals surface area contributed by atoms with E-state index < -0.39 is 29.4 Å². The minimum absolute atomic E-state index is 0.00121. The lowest BCUT2D eigenvalue weighted by molar-refractivity contribution is -0.123. The molecule has 3 heterocycles. The summed E-state index contributed by atoms with van der Waals surface area (Å²) in [6.07, 6.45) is 0.729. The maximum Gasteiger partial charge on any atom is 0.308 e. The van der Waals surface area contributed by atoms with Crippen LogP contribution in [0.15, 0.2) is 82.6 Å². The Morgan fingerprint density at radius 3 is 2.08 bits per heavy atom. The molecule has 48 heavy (non-hydrogen) atoms. The second kappa shape index (κ2) is 11.2. The van der Waals surface area contributed by atoms with Crippen LogP contribution >= 0.6 is 23.1 Å². The molecule has 246 valence electrons. The zero-order valence-corrected chi connectivity index (χ0v) is 28.1. The van der Waals surface area contributed by atoms with Gasteiger partial charge in [0.1, 0.15) is 18.2 Å². The third kappa shape index (κ3) is 4.88. The van der Waals surface area contributed by atoms with Gasteiger partial charge in [0, 0.05) is 21.7 Å². The highest BCUT2D eigenvalue weighted by Crippen LogP contribution is 2.69. The fourth-order valence-corrected chi connectivity index (χ4v) is 11.7. The fraction of sp³-hybridized carbons (Fsp3) is 0.351. The molecule has 7 atom stereocenters. The molecule has 8 rings (SSSR count). The van der Waals surface area contributed by atoms with Crippen molar-refractivity contribution in [1.29, 1.82) is 0 Å². The van der Waals surface area contributed by atoms with Crippen LogP contribution in [-0.2, 0) is 26.3 Å². The van der Waals surface area contributed by atoms with E-state index in [9.17, 15) is 28.0 Å². The van der Waals surface area contributed by atoms with Gasteiger partial charge in [-0.05, 0) is 89.2 Å². The number of rotatable bonds is 5. The zero-order valence-electron chi connectivity index (χ0n) is 26.5. The van der Waals surface area contributed by atoms with Crippen LogP contribution in [0.25, 0.3) is 0 Å². The Balaban J connectivity index is 1.18. The summed E-state index contributed by atoms with van der Waals surface area (Å²) in [6.45, 7) is 6.25. The third-order valence-corrected chi connectivity index (χ3v) is 13.4. The predicted molar refractivity (Wildman–Crippen MR) is 181 cm³/mol. The lowest BCUT2D eigenvalue weighted by Gasteiger charge is -2.43. The summed E-state index contributed by atoms with van der Waals surface area (Å²) in [7, 11) is 0. The summed E-state index contributed by atoms with van der Waals surface area (Å²) >= 11 is 2.70. The Bertz CT molecular complexity index is 2020. The molecule has 3 fully saturated rings. The molecule has 1 aromatic heterocycles. The molecule has 7 nitrogen and oxygen atoms in total. The number of anilines is 2. The highest BCUT2D eigenvalue weighted by Gasteiger charge is 2.69. The molecule has 3 amide bonds. The van der Waals surface area contributed by atoms with Crippen LogP contribution < -0.4 is 15.1 Å². The molecular formula is C37H33F2N3O4S2. The summed E-state index contributed by atoms with van der Waals surface area (Å²) in [6, 6.07) is 19.4. The van der Waals surface area contributed by atoms with Gasteiger partial charge in [0.15, 0.2) is 0 Å². The molecule has 1 N–H and O–H groups in total. The van der Waals surface area contributed by atoms with Crippen molar-refractivity contribution in [2.45, 2.75) is 55.3 Å². The van der Waals surface area contributed by atoms with Gasteiger partial charge >= 0.3 is 4.87 Å². The second-order valence-electron chi connectivity index (χ2n) is 14.3. The van der Waals surface area contributed by atoms with Crippen LogP contribution in [0.5, 0.6) is 0 Å². The van der Waals surface area contributed by atoms with E-state index in [1.54, 1.807) is 11.8 Å². The monoisotopic (exact) mass is 685 g/mol. The van der Waals surface area contributed by atoms with Crippen molar-refractivity contribution in [3.63, 3.8) is 0 Å². The van der Waals surface area contributed by atoms with Crippen molar-refractivity contribution in [3.8, 4) is 0 Å². The molecule has 2 aliphatic heterocycles. The first kappa shape index (κ1) is 31.2. The molecule has 11 heteroatoms. The Morgan fingerprint density at radius 1 is 0.854 bits per heavy atom. The van der Waals surface area contributed by atoms with Crippen molar-refractivity contribution in [1.82, 2.24) is 4.57 Å². The van der Waals surface area contributed by atoms with E-state index in [1.165, 1.54) is 63.6 Å².